The fourth-order valence-electron chi connectivity index (χ4n) is 3.37. The molecule has 3 atom stereocenters. The highest BCUT2D eigenvalue weighted by molar-refractivity contribution is 7.99. The molecule has 4 nitrogen and oxygen atoms in total. The molecule has 0 aromatic rings. The van der Waals surface area contributed by atoms with E-state index in [9.17, 15) is 9.59 Å². The predicted molar refractivity (Wildman–Crippen MR) is 75.9 cm³/mol. The second-order valence-electron chi connectivity index (χ2n) is 6.03. The van der Waals surface area contributed by atoms with Crippen molar-refractivity contribution >= 4 is 23.6 Å². The highest BCUT2D eigenvalue weighted by atomic mass is 32.2. The van der Waals surface area contributed by atoms with Crippen molar-refractivity contribution in [1.82, 2.24) is 10.2 Å². The molecule has 1 saturated heterocycles. The third kappa shape index (κ3) is 2.76. The first-order chi connectivity index (χ1) is 9.19. The van der Waals surface area contributed by atoms with Gasteiger partial charge in [0.2, 0.25) is 11.8 Å². The first-order valence-corrected chi connectivity index (χ1v) is 8.60. The molecular weight excluding hydrogens is 260 g/mol. The average molecular weight is 282 g/mol. The molecule has 2 saturated carbocycles. The molecule has 0 aromatic carbocycles. The third-order valence-corrected chi connectivity index (χ3v) is 5.74. The van der Waals surface area contributed by atoms with Gasteiger partial charge in [0.1, 0.15) is 6.04 Å². The minimum Gasteiger partial charge on any atom is -0.342 e. The normalized spacial score (nSPS) is 36.3. The number of thioether (sulfide) groups is 1. The second-order valence-corrected chi connectivity index (χ2v) is 7.16. The van der Waals surface area contributed by atoms with Crippen molar-refractivity contribution in [2.75, 3.05) is 12.8 Å². The summed E-state index contributed by atoms with van der Waals surface area (Å²) in [5.41, 5.74) is 0. The van der Waals surface area contributed by atoms with Gasteiger partial charge in [-0.2, -0.15) is 11.8 Å². The Labute approximate surface area is 118 Å². The fraction of sp³-hybridized carbons (Fsp3) is 0.857. The van der Waals surface area contributed by atoms with Gasteiger partial charge in [-0.15, -0.1) is 0 Å². The molecule has 1 aliphatic heterocycles. The van der Waals surface area contributed by atoms with Gasteiger partial charge in [0, 0.05) is 11.3 Å². The Kier molecular flexibility index (Phi) is 3.74. The molecule has 0 spiro atoms. The molecule has 1 N–H and O–H groups in total. The van der Waals surface area contributed by atoms with Crippen molar-refractivity contribution < 1.29 is 9.59 Å². The zero-order valence-electron chi connectivity index (χ0n) is 11.4. The van der Waals surface area contributed by atoms with Gasteiger partial charge in [-0.05, 0) is 44.3 Å². The Bertz CT molecular complexity index is 384. The molecular formula is C14H22N2O2S. The van der Waals surface area contributed by atoms with E-state index >= 15 is 0 Å². The SMILES string of the molecule is CSC1CCCC(N2CC(=O)NC(C3CC3)C2=O)C1. The zero-order chi connectivity index (χ0) is 13.4. The average Bonchev–Trinajstić information content (AvgIpc) is 3.25. The zero-order valence-corrected chi connectivity index (χ0v) is 12.2. The van der Waals surface area contributed by atoms with Crippen LogP contribution in [0.2, 0.25) is 0 Å². The van der Waals surface area contributed by atoms with Crippen LogP contribution in [0.4, 0.5) is 0 Å². The number of nitrogens with one attached hydrogen (secondary N) is 1. The molecule has 3 rings (SSSR count). The summed E-state index contributed by atoms with van der Waals surface area (Å²) >= 11 is 1.90. The van der Waals surface area contributed by atoms with Crippen molar-refractivity contribution in [3.63, 3.8) is 0 Å². The maximum atomic E-state index is 12.6. The molecule has 106 valence electrons. The largest absolute Gasteiger partial charge is 0.342 e. The number of nitrogens with zero attached hydrogens (tertiary/aromatic N) is 1. The summed E-state index contributed by atoms with van der Waals surface area (Å²) in [4.78, 5) is 26.3. The van der Waals surface area contributed by atoms with E-state index in [-0.39, 0.29) is 30.4 Å². The van der Waals surface area contributed by atoms with Crippen LogP contribution < -0.4 is 5.32 Å². The monoisotopic (exact) mass is 282 g/mol. The molecule has 2 amide bonds. The standard InChI is InChI=1S/C14H22N2O2S/c1-19-11-4-2-3-10(7-11)16-8-12(17)15-13(14(16)18)9-5-6-9/h9-11,13H,2-8H2,1H3,(H,15,17). The summed E-state index contributed by atoms with van der Waals surface area (Å²) in [5, 5.41) is 3.54. The van der Waals surface area contributed by atoms with Gasteiger partial charge in [0.25, 0.3) is 0 Å². The van der Waals surface area contributed by atoms with Gasteiger partial charge in [0.05, 0.1) is 6.54 Å². The Morgan fingerprint density at radius 3 is 2.68 bits per heavy atom. The van der Waals surface area contributed by atoms with Gasteiger partial charge in [-0.25, -0.2) is 0 Å². The number of carbonyl (C=O) groups excluding carboxylic acids is 2. The maximum absolute atomic E-state index is 12.6. The summed E-state index contributed by atoms with van der Waals surface area (Å²) in [6.07, 6.45) is 8.86. The molecule has 3 fully saturated rings. The van der Waals surface area contributed by atoms with Crippen LogP contribution in [0, 0.1) is 5.92 Å². The van der Waals surface area contributed by atoms with E-state index in [4.69, 9.17) is 0 Å². The van der Waals surface area contributed by atoms with Crippen molar-refractivity contribution in [2.45, 2.75) is 55.9 Å². The lowest BCUT2D eigenvalue weighted by Gasteiger charge is -2.41. The first kappa shape index (κ1) is 13.3. The minimum atomic E-state index is -0.226. The molecule has 1 heterocycles. The van der Waals surface area contributed by atoms with Crippen LogP contribution in [-0.2, 0) is 9.59 Å². The molecule has 2 aliphatic carbocycles. The predicted octanol–water partition coefficient (Wildman–Crippen LogP) is 1.40. The number of piperazine rings is 1. The lowest BCUT2D eigenvalue weighted by atomic mass is 9.92. The highest BCUT2D eigenvalue weighted by Gasteiger charge is 2.44. The molecule has 3 unspecified atom stereocenters. The smallest absolute Gasteiger partial charge is 0.246 e. The summed E-state index contributed by atoms with van der Waals surface area (Å²) < 4.78 is 0. The molecule has 5 heteroatoms. The minimum absolute atomic E-state index is 0.0303. The van der Waals surface area contributed by atoms with Crippen molar-refractivity contribution in [2.24, 2.45) is 5.92 Å². The fourth-order valence-corrected chi connectivity index (χ4v) is 4.18. The van der Waals surface area contributed by atoms with E-state index in [0.717, 1.165) is 25.7 Å². The van der Waals surface area contributed by atoms with Crippen LogP contribution in [0.15, 0.2) is 0 Å². The quantitative estimate of drug-likeness (QED) is 0.851. The van der Waals surface area contributed by atoms with Gasteiger partial charge < -0.3 is 10.2 Å². The van der Waals surface area contributed by atoms with E-state index in [1.54, 1.807) is 0 Å². The van der Waals surface area contributed by atoms with Gasteiger partial charge in [0.15, 0.2) is 0 Å². The van der Waals surface area contributed by atoms with Crippen LogP contribution in [0.5, 0.6) is 0 Å². The van der Waals surface area contributed by atoms with E-state index in [0.29, 0.717) is 11.2 Å². The molecule has 3 aliphatic rings. The van der Waals surface area contributed by atoms with E-state index < -0.39 is 0 Å². The number of amides is 2. The lowest BCUT2D eigenvalue weighted by Crippen LogP contribution is -2.62. The van der Waals surface area contributed by atoms with Crippen LogP contribution in [0.3, 0.4) is 0 Å². The first-order valence-electron chi connectivity index (χ1n) is 7.31. The van der Waals surface area contributed by atoms with E-state index in [1.165, 1.54) is 12.8 Å². The summed E-state index contributed by atoms with van der Waals surface area (Å²) in [5.74, 6) is 0.607. The number of rotatable bonds is 3. The third-order valence-electron chi connectivity index (χ3n) is 4.65. The Hall–Kier alpha value is -0.710. The van der Waals surface area contributed by atoms with Crippen LogP contribution >= 0.6 is 11.8 Å². The van der Waals surface area contributed by atoms with E-state index in [1.807, 2.05) is 16.7 Å². The van der Waals surface area contributed by atoms with Crippen LogP contribution in [-0.4, -0.2) is 46.8 Å². The van der Waals surface area contributed by atoms with E-state index in [2.05, 4.69) is 11.6 Å². The molecule has 0 radical (unpaired) electrons. The molecule has 0 aromatic heterocycles. The lowest BCUT2D eigenvalue weighted by molar-refractivity contribution is -0.147. The summed E-state index contributed by atoms with van der Waals surface area (Å²) in [7, 11) is 0. The van der Waals surface area contributed by atoms with Gasteiger partial charge >= 0.3 is 0 Å². The Morgan fingerprint density at radius 1 is 1.21 bits per heavy atom. The van der Waals surface area contributed by atoms with Crippen molar-refractivity contribution in [3.8, 4) is 0 Å². The highest BCUT2D eigenvalue weighted by Crippen LogP contribution is 2.36. The number of carbonyl (C=O) groups is 2. The van der Waals surface area contributed by atoms with Crippen molar-refractivity contribution in [1.29, 1.82) is 0 Å². The van der Waals surface area contributed by atoms with Crippen LogP contribution in [0.1, 0.15) is 38.5 Å². The summed E-state index contributed by atoms with van der Waals surface area (Å²) in [6.45, 7) is 0.272. The number of hydrogen-bond acceptors (Lipinski definition) is 3. The maximum Gasteiger partial charge on any atom is 0.246 e. The number of hydrogen-bond donors (Lipinski definition) is 1. The molecule has 19 heavy (non-hydrogen) atoms. The Morgan fingerprint density at radius 2 is 2.00 bits per heavy atom. The van der Waals surface area contributed by atoms with Gasteiger partial charge in [-0.3, -0.25) is 9.59 Å². The second kappa shape index (κ2) is 5.35. The molecule has 0 bridgehead atoms. The topological polar surface area (TPSA) is 49.4 Å². The van der Waals surface area contributed by atoms with Crippen LogP contribution in [0.25, 0.3) is 0 Å². The van der Waals surface area contributed by atoms with Crippen molar-refractivity contribution in [3.05, 3.63) is 0 Å². The van der Waals surface area contributed by atoms with Gasteiger partial charge in [-0.1, -0.05) is 6.42 Å². The summed E-state index contributed by atoms with van der Waals surface area (Å²) in [6, 6.07) is 0.0573. The Balaban J connectivity index is 1.70.